The molecule has 0 spiro atoms. The predicted octanol–water partition coefficient (Wildman–Crippen LogP) is 4.52. The SMILES string of the molecule is CCCCCCCCn1cc(C(=O)O)c(=O)c2cc(F)c(C)c(OC)c21. The number of pyridine rings is 1. The number of nitrogens with zero attached hydrogens (tertiary/aromatic N) is 1. The van der Waals surface area contributed by atoms with E-state index in [0.717, 1.165) is 25.3 Å². The summed E-state index contributed by atoms with van der Waals surface area (Å²) >= 11 is 0. The molecule has 0 unspecified atom stereocenters. The normalized spacial score (nSPS) is 11.1. The van der Waals surface area contributed by atoms with Crippen LogP contribution in [0.25, 0.3) is 10.9 Å². The molecule has 2 aromatic rings. The summed E-state index contributed by atoms with van der Waals surface area (Å²) in [7, 11) is 1.42. The maximum absolute atomic E-state index is 14.2. The van der Waals surface area contributed by atoms with Crippen molar-refractivity contribution >= 4 is 16.9 Å². The van der Waals surface area contributed by atoms with Crippen molar-refractivity contribution in [2.24, 2.45) is 0 Å². The number of carbonyl (C=O) groups is 1. The standard InChI is InChI=1S/C20H26FNO4/c1-4-5-6-7-8-9-10-22-12-15(20(24)25)18(23)14-11-16(21)13(2)19(26-3)17(14)22/h11-12H,4-10H2,1-3H3,(H,24,25). The number of rotatable bonds is 9. The first-order valence-electron chi connectivity index (χ1n) is 9.05. The molecule has 0 saturated heterocycles. The van der Waals surface area contributed by atoms with Crippen LogP contribution in [0.15, 0.2) is 17.1 Å². The molecule has 1 heterocycles. The number of aromatic nitrogens is 1. The Balaban J connectivity index is 2.49. The van der Waals surface area contributed by atoms with Crippen molar-refractivity contribution in [1.29, 1.82) is 0 Å². The fourth-order valence-corrected chi connectivity index (χ4v) is 3.23. The van der Waals surface area contributed by atoms with Crippen LogP contribution in [0.5, 0.6) is 5.75 Å². The van der Waals surface area contributed by atoms with Crippen LogP contribution in [0.1, 0.15) is 61.4 Å². The van der Waals surface area contributed by atoms with Gasteiger partial charge in [0, 0.05) is 18.3 Å². The number of fused-ring (bicyclic) bond motifs is 1. The van der Waals surface area contributed by atoms with Crippen LogP contribution in [-0.2, 0) is 6.54 Å². The largest absolute Gasteiger partial charge is 0.494 e. The molecule has 0 amide bonds. The number of halogens is 1. The highest BCUT2D eigenvalue weighted by Crippen LogP contribution is 2.30. The lowest BCUT2D eigenvalue weighted by molar-refractivity contribution is 0.0694. The lowest BCUT2D eigenvalue weighted by Crippen LogP contribution is -2.20. The van der Waals surface area contributed by atoms with E-state index in [1.165, 1.54) is 32.6 Å². The van der Waals surface area contributed by atoms with Gasteiger partial charge in [0.1, 0.15) is 17.1 Å². The van der Waals surface area contributed by atoms with Crippen LogP contribution < -0.4 is 10.2 Å². The maximum atomic E-state index is 14.2. The van der Waals surface area contributed by atoms with E-state index < -0.39 is 17.2 Å². The average molecular weight is 363 g/mol. The zero-order valence-corrected chi connectivity index (χ0v) is 15.6. The molecule has 0 atom stereocenters. The quantitative estimate of drug-likeness (QED) is 0.665. The van der Waals surface area contributed by atoms with Crippen molar-refractivity contribution in [3.63, 3.8) is 0 Å². The molecule has 5 nitrogen and oxygen atoms in total. The van der Waals surface area contributed by atoms with Gasteiger partial charge in [0.05, 0.1) is 18.0 Å². The van der Waals surface area contributed by atoms with Crippen LogP contribution in [0.3, 0.4) is 0 Å². The maximum Gasteiger partial charge on any atom is 0.341 e. The zero-order valence-electron chi connectivity index (χ0n) is 15.6. The number of aromatic carboxylic acids is 1. The van der Waals surface area contributed by atoms with Gasteiger partial charge in [0.15, 0.2) is 0 Å². The molecule has 1 N–H and O–H groups in total. The van der Waals surface area contributed by atoms with Crippen molar-refractivity contribution in [1.82, 2.24) is 4.57 Å². The summed E-state index contributed by atoms with van der Waals surface area (Å²) in [6, 6.07) is 1.11. The molecule has 1 aromatic heterocycles. The van der Waals surface area contributed by atoms with E-state index >= 15 is 0 Å². The second-order valence-electron chi connectivity index (χ2n) is 6.55. The smallest absolute Gasteiger partial charge is 0.341 e. The highest BCUT2D eigenvalue weighted by molar-refractivity contribution is 5.94. The third kappa shape index (κ3) is 4.06. The van der Waals surface area contributed by atoms with Crippen molar-refractivity contribution in [2.75, 3.05) is 7.11 Å². The lowest BCUT2D eigenvalue weighted by atomic mass is 10.1. The van der Waals surface area contributed by atoms with Crippen LogP contribution in [0.2, 0.25) is 0 Å². The van der Waals surface area contributed by atoms with Crippen molar-refractivity contribution in [3.05, 3.63) is 39.4 Å². The molecule has 0 saturated carbocycles. The van der Waals surface area contributed by atoms with E-state index in [1.807, 2.05) is 0 Å². The van der Waals surface area contributed by atoms with Gasteiger partial charge in [-0.15, -0.1) is 0 Å². The zero-order chi connectivity index (χ0) is 19.3. The van der Waals surface area contributed by atoms with E-state index in [1.54, 1.807) is 11.5 Å². The van der Waals surface area contributed by atoms with E-state index in [-0.39, 0.29) is 16.7 Å². The van der Waals surface area contributed by atoms with E-state index in [2.05, 4.69) is 6.92 Å². The Kier molecular flexibility index (Phi) is 6.77. The van der Waals surface area contributed by atoms with Gasteiger partial charge in [-0.2, -0.15) is 0 Å². The second kappa shape index (κ2) is 8.83. The first-order valence-corrected chi connectivity index (χ1v) is 9.05. The summed E-state index contributed by atoms with van der Waals surface area (Å²) < 4.78 is 21.3. The van der Waals surface area contributed by atoms with Crippen molar-refractivity contribution < 1.29 is 19.0 Å². The highest BCUT2D eigenvalue weighted by Gasteiger charge is 2.20. The molecule has 0 radical (unpaired) electrons. The minimum Gasteiger partial charge on any atom is -0.494 e. The monoisotopic (exact) mass is 363 g/mol. The van der Waals surface area contributed by atoms with Crippen LogP contribution >= 0.6 is 0 Å². The summed E-state index contributed by atoms with van der Waals surface area (Å²) in [5, 5.41) is 9.37. The van der Waals surface area contributed by atoms with Crippen LogP contribution in [0.4, 0.5) is 4.39 Å². The summed E-state index contributed by atoms with van der Waals surface area (Å²) in [4.78, 5) is 23.9. The summed E-state index contributed by atoms with van der Waals surface area (Å²) in [6.07, 6.45) is 7.88. The number of unbranched alkanes of at least 4 members (excludes halogenated alkanes) is 5. The van der Waals surface area contributed by atoms with Gasteiger partial charge in [0.2, 0.25) is 5.43 Å². The topological polar surface area (TPSA) is 68.5 Å². The molecule has 2 rings (SSSR count). The Labute approximate surface area is 152 Å². The lowest BCUT2D eigenvalue weighted by Gasteiger charge is -2.17. The van der Waals surface area contributed by atoms with Crippen molar-refractivity contribution in [3.8, 4) is 5.75 Å². The Morgan fingerprint density at radius 2 is 1.88 bits per heavy atom. The summed E-state index contributed by atoms with van der Waals surface area (Å²) in [6.45, 7) is 4.29. The van der Waals surface area contributed by atoms with Gasteiger partial charge in [-0.1, -0.05) is 39.0 Å². The first-order chi connectivity index (χ1) is 12.4. The Bertz CT molecular complexity index is 857. The van der Waals surface area contributed by atoms with Gasteiger partial charge < -0.3 is 14.4 Å². The number of carboxylic acid groups (broad SMARTS) is 1. The first kappa shape index (κ1) is 19.9. The van der Waals surface area contributed by atoms with E-state index in [4.69, 9.17) is 4.74 Å². The third-order valence-electron chi connectivity index (χ3n) is 4.69. The number of ether oxygens (including phenoxy) is 1. The predicted molar refractivity (Wildman–Crippen MR) is 99.8 cm³/mol. The molecule has 26 heavy (non-hydrogen) atoms. The fraction of sp³-hybridized carbons (Fsp3) is 0.500. The number of benzene rings is 1. The van der Waals surface area contributed by atoms with Crippen LogP contribution in [-0.4, -0.2) is 22.8 Å². The fourth-order valence-electron chi connectivity index (χ4n) is 3.23. The molecule has 6 heteroatoms. The van der Waals surface area contributed by atoms with Gasteiger partial charge in [-0.25, -0.2) is 9.18 Å². The third-order valence-corrected chi connectivity index (χ3v) is 4.69. The summed E-state index contributed by atoms with van der Waals surface area (Å²) in [5.41, 5.74) is -0.285. The molecular weight excluding hydrogens is 337 g/mol. The average Bonchev–Trinajstić information content (AvgIpc) is 2.61. The molecule has 0 aliphatic carbocycles. The molecule has 1 aromatic carbocycles. The number of hydrogen-bond donors (Lipinski definition) is 1. The number of carboxylic acids is 1. The Morgan fingerprint density at radius 1 is 1.23 bits per heavy atom. The molecule has 142 valence electrons. The number of hydrogen-bond acceptors (Lipinski definition) is 3. The highest BCUT2D eigenvalue weighted by atomic mass is 19.1. The van der Waals surface area contributed by atoms with E-state index in [0.29, 0.717) is 17.6 Å². The number of methoxy groups -OCH3 is 1. The van der Waals surface area contributed by atoms with Gasteiger partial charge >= 0.3 is 5.97 Å². The second-order valence-corrected chi connectivity index (χ2v) is 6.55. The minimum atomic E-state index is -1.31. The van der Waals surface area contributed by atoms with Crippen LogP contribution in [0, 0.1) is 12.7 Å². The van der Waals surface area contributed by atoms with Gasteiger partial charge in [-0.3, -0.25) is 4.79 Å². The molecule has 0 aliphatic rings. The Hall–Kier alpha value is -2.37. The molecule has 0 aliphatic heterocycles. The van der Waals surface area contributed by atoms with Crippen molar-refractivity contribution in [2.45, 2.75) is 58.9 Å². The number of aryl methyl sites for hydroxylation is 1. The minimum absolute atomic E-state index is 0.0378. The summed E-state index contributed by atoms with van der Waals surface area (Å²) in [5.74, 6) is -1.62. The molecular formula is C20H26FNO4. The Morgan fingerprint density at radius 3 is 2.50 bits per heavy atom. The van der Waals surface area contributed by atoms with E-state index in [9.17, 15) is 19.1 Å². The molecule has 0 fully saturated rings. The van der Waals surface area contributed by atoms with Gasteiger partial charge in [-0.05, 0) is 19.4 Å². The van der Waals surface area contributed by atoms with Gasteiger partial charge in [0.25, 0.3) is 0 Å². The molecule has 0 bridgehead atoms.